The van der Waals surface area contributed by atoms with E-state index in [9.17, 15) is 22.8 Å². The Morgan fingerprint density at radius 3 is 2.61 bits per heavy atom. The number of urea groups is 1. The molecular formula is C31H27F3N6O3S. The van der Waals surface area contributed by atoms with Crippen molar-refractivity contribution in [3.63, 3.8) is 0 Å². The maximum Gasteiger partial charge on any atom is 0.573 e. The number of benzene rings is 3. The molecule has 226 valence electrons. The molecule has 1 atom stereocenters. The monoisotopic (exact) mass is 620 g/mol. The summed E-state index contributed by atoms with van der Waals surface area (Å²) in [7, 11) is 0. The van der Waals surface area contributed by atoms with E-state index in [-0.39, 0.29) is 23.5 Å². The lowest BCUT2D eigenvalue weighted by Crippen LogP contribution is -2.36. The second-order valence-electron chi connectivity index (χ2n) is 10.5. The number of halogens is 3. The lowest BCUT2D eigenvalue weighted by molar-refractivity contribution is -0.274. The standard InChI is InChI=1S/C31H27F3N6O3S/c1-3-19-5-4-18(2)12-26(19)40-27(41)16-44-30(40)37-29(42)36-23-14-20-6-7-21(13-22(20)15-23)28-35-17-39(38-28)24-8-10-25(11-9-24)43-31(32,33)34/h4-13,17,23H,3,14-16H2,1-2H3,(H,36,42). The Kier molecular flexibility index (Phi) is 7.89. The number of carbonyl (C=O) groups is 2. The molecule has 2 heterocycles. The molecule has 13 heteroatoms. The Bertz CT molecular complexity index is 1770. The minimum absolute atomic E-state index is 0.105. The van der Waals surface area contributed by atoms with Crippen molar-refractivity contribution in [3.05, 3.63) is 89.2 Å². The van der Waals surface area contributed by atoms with E-state index in [1.54, 1.807) is 4.90 Å². The molecular weight excluding hydrogens is 593 g/mol. The predicted molar refractivity (Wildman–Crippen MR) is 161 cm³/mol. The number of hydrogen-bond acceptors (Lipinski definition) is 6. The molecule has 0 radical (unpaired) electrons. The van der Waals surface area contributed by atoms with Crippen LogP contribution in [0, 0.1) is 6.92 Å². The van der Waals surface area contributed by atoms with Crippen molar-refractivity contribution in [3.8, 4) is 22.8 Å². The smallest absolute Gasteiger partial charge is 0.406 e. The third-order valence-electron chi connectivity index (χ3n) is 7.38. The first kappa shape index (κ1) is 29.4. The number of fused-ring (bicyclic) bond motifs is 1. The fourth-order valence-corrected chi connectivity index (χ4v) is 6.19. The van der Waals surface area contributed by atoms with Crippen LogP contribution in [0.25, 0.3) is 17.1 Å². The molecule has 44 heavy (non-hydrogen) atoms. The zero-order valence-electron chi connectivity index (χ0n) is 23.8. The number of aryl methyl sites for hydroxylation is 2. The number of carbonyl (C=O) groups excluding carboxylic acids is 2. The molecule has 3 amide bonds. The van der Waals surface area contributed by atoms with Gasteiger partial charge in [-0.1, -0.05) is 43.0 Å². The Morgan fingerprint density at radius 2 is 1.86 bits per heavy atom. The van der Waals surface area contributed by atoms with Gasteiger partial charge in [-0.2, -0.15) is 4.99 Å². The van der Waals surface area contributed by atoms with Gasteiger partial charge in [0.2, 0.25) is 5.91 Å². The average molecular weight is 621 g/mol. The molecule has 2 aliphatic rings. The minimum Gasteiger partial charge on any atom is -0.406 e. The van der Waals surface area contributed by atoms with E-state index < -0.39 is 12.4 Å². The van der Waals surface area contributed by atoms with Crippen molar-refractivity contribution < 1.29 is 27.5 Å². The van der Waals surface area contributed by atoms with Gasteiger partial charge in [0.25, 0.3) is 0 Å². The van der Waals surface area contributed by atoms with E-state index >= 15 is 0 Å². The van der Waals surface area contributed by atoms with E-state index in [1.807, 2.05) is 50.2 Å². The van der Waals surface area contributed by atoms with Crippen LogP contribution in [0.3, 0.4) is 0 Å². The van der Waals surface area contributed by atoms with Crippen molar-refractivity contribution in [2.24, 2.45) is 4.99 Å². The van der Waals surface area contributed by atoms with E-state index in [2.05, 4.69) is 25.1 Å². The van der Waals surface area contributed by atoms with E-state index in [4.69, 9.17) is 0 Å². The summed E-state index contributed by atoms with van der Waals surface area (Å²) in [4.78, 5) is 36.0. The second-order valence-corrected chi connectivity index (χ2v) is 11.4. The Labute approximate surface area is 255 Å². The van der Waals surface area contributed by atoms with Gasteiger partial charge in [-0.3, -0.25) is 9.69 Å². The molecule has 0 spiro atoms. The molecule has 1 fully saturated rings. The molecule has 4 aromatic rings. The summed E-state index contributed by atoms with van der Waals surface area (Å²) in [6, 6.07) is 16.5. The normalized spacial score (nSPS) is 17.3. The molecule has 1 aromatic heterocycles. The van der Waals surface area contributed by atoms with Gasteiger partial charge in [0.05, 0.1) is 17.1 Å². The van der Waals surface area contributed by atoms with Crippen LogP contribution < -0.4 is 15.0 Å². The molecule has 1 unspecified atom stereocenters. The van der Waals surface area contributed by atoms with Crippen molar-refractivity contribution in [2.75, 3.05) is 10.7 Å². The number of ether oxygens (including phenoxy) is 1. The zero-order valence-corrected chi connectivity index (χ0v) is 24.6. The number of aliphatic imine (C=N–C) groups is 1. The number of rotatable bonds is 6. The van der Waals surface area contributed by atoms with E-state index in [0.717, 1.165) is 39.9 Å². The first-order valence-electron chi connectivity index (χ1n) is 13.9. The summed E-state index contributed by atoms with van der Waals surface area (Å²) in [5.41, 5.74) is 6.22. The van der Waals surface area contributed by atoms with Gasteiger partial charge in [0.1, 0.15) is 12.1 Å². The van der Waals surface area contributed by atoms with Gasteiger partial charge in [-0.15, -0.1) is 18.3 Å². The van der Waals surface area contributed by atoms with Gasteiger partial charge >= 0.3 is 12.4 Å². The molecule has 1 N–H and O–H groups in total. The van der Waals surface area contributed by atoms with Crippen molar-refractivity contribution in [1.29, 1.82) is 0 Å². The maximum absolute atomic E-state index is 13.0. The maximum atomic E-state index is 13.0. The Morgan fingerprint density at radius 1 is 1.09 bits per heavy atom. The molecule has 0 saturated carbocycles. The fourth-order valence-electron chi connectivity index (χ4n) is 5.34. The lowest BCUT2D eigenvalue weighted by Gasteiger charge is -2.20. The summed E-state index contributed by atoms with van der Waals surface area (Å²) < 4.78 is 42.7. The molecule has 3 aromatic carbocycles. The highest BCUT2D eigenvalue weighted by atomic mass is 32.2. The molecule has 6 rings (SSSR count). The van der Waals surface area contributed by atoms with Crippen LogP contribution in [-0.2, 0) is 24.1 Å². The molecule has 1 saturated heterocycles. The average Bonchev–Trinajstić information content (AvgIpc) is 3.70. The largest absolute Gasteiger partial charge is 0.573 e. The van der Waals surface area contributed by atoms with Gasteiger partial charge in [-0.25, -0.2) is 14.5 Å². The summed E-state index contributed by atoms with van der Waals surface area (Å²) in [5, 5.41) is 7.84. The van der Waals surface area contributed by atoms with Crippen LogP contribution in [0.2, 0.25) is 0 Å². The van der Waals surface area contributed by atoms with Crippen LogP contribution in [0.1, 0.15) is 29.2 Å². The highest BCUT2D eigenvalue weighted by molar-refractivity contribution is 8.15. The van der Waals surface area contributed by atoms with Crippen LogP contribution in [0.4, 0.5) is 23.7 Å². The summed E-state index contributed by atoms with van der Waals surface area (Å²) >= 11 is 1.25. The lowest BCUT2D eigenvalue weighted by atomic mass is 10.1. The third-order valence-corrected chi connectivity index (χ3v) is 8.30. The van der Waals surface area contributed by atoms with Crippen molar-refractivity contribution >= 4 is 34.6 Å². The zero-order chi connectivity index (χ0) is 31.0. The Hall–Kier alpha value is -4.65. The summed E-state index contributed by atoms with van der Waals surface area (Å²) in [6.07, 6.45) is -1.31. The molecule has 1 aliphatic heterocycles. The predicted octanol–water partition coefficient (Wildman–Crippen LogP) is 6.02. The highest BCUT2D eigenvalue weighted by Crippen LogP contribution is 2.32. The number of nitrogens with zero attached hydrogens (tertiary/aromatic N) is 5. The number of aromatic nitrogens is 3. The van der Waals surface area contributed by atoms with E-state index in [1.165, 1.54) is 47.0 Å². The fraction of sp³-hybridized carbons (Fsp3) is 0.258. The number of amidine groups is 1. The van der Waals surface area contributed by atoms with Gasteiger partial charge in [-0.05, 0) is 84.8 Å². The molecule has 1 aliphatic carbocycles. The quantitative estimate of drug-likeness (QED) is 0.283. The summed E-state index contributed by atoms with van der Waals surface area (Å²) in [6.45, 7) is 3.99. The van der Waals surface area contributed by atoms with Crippen LogP contribution >= 0.6 is 11.8 Å². The number of anilines is 1. The van der Waals surface area contributed by atoms with Gasteiger partial charge < -0.3 is 10.1 Å². The minimum atomic E-state index is -4.76. The SMILES string of the molecule is CCc1ccc(C)cc1N1C(=O)CSC1=NC(=O)NC1Cc2ccc(-c3ncn(-c4ccc(OC(F)(F)F)cc4)n3)cc2C1. The second kappa shape index (κ2) is 11.8. The first-order valence-corrected chi connectivity index (χ1v) is 14.9. The van der Waals surface area contributed by atoms with E-state index in [0.29, 0.717) is 29.5 Å². The third kappa shape index (κ3) is 6.32. The number of hydrogen-bond donors (Lipinski definition) is 1. The van der Waals surface area contributed by atoms with Gasteiger partial charge in [0.15, 0.2) is 11.0 Å². The van der Waals surface area contributed by atoms with Crippen LogP contribution in [0.5, 0.6) is 5.75 Å². The number of alkyl halides is 3. The topological polar surface area (TPSA) is 102 Å². The number of thioether (sulfide) groups is 1. The highest BCUT2D eigenvalue weighted by Gasteiger charge is 2.33. The Balaban J connectivity index is 1.12. The van der Waals surface area contributed by atoms with Crippen molar-refractivity contribution in [2.45, 2.75) is 45.5 Å². The first-order chi connectivity index (χ1) is 21.1. The van der Waals surface area contributed by atoms with Crippen molar-refractivity contribution in [1.82, 2.24) is 20.1 Å². The van der Waals surface area contributed by atoms with Crippen LogP contribution in [-0.4, -0.2) is 50.0 Å². The number of amides is 3. The molecule has 0 bridgehead atoms. The van der Waals surface area contributed by atoms with Crippen LogP contribution in [0.15, 0.2) is 72.0 Å². The molecule has 9 nitrogen and oxygen atoms in total. The summed E-state index contributed by atoms with van der Waals surface area (Å²) in [5.74, 6) is 0.250. The van der Waals surface area contributed by atoms with Gasteiger partial charge in [0, 0.05) is 11.6 Å². The number of nitrogens with one attached hydrogen (secondary N) is 1.